The molecule has 0 fully saturated rings. The van der Waals surface area contributed by atoms with E-state index in [1.807, 2.05) is 43.5 Å². The van der Waals surface area contributed by atoms with Crippen LogP contribution in [0.3, 0.4) is 0 Å². The van der Waals surface area contributed by atoms with E-state index in [1.165, 1.54) is 6.07 Å². The second kappa shape index (κ2) is 6.79. The Morgan fingerprint density at radius 2 is 2.12 bits per heavy atom. The molecule has 0 atom stereocenters. The fraction of sp³-hybridized carbons (Fsp3) is 0.158. The van der Waals surface area contributed by atoms with Gasteiger partial charge in [0.05, 0.1) is 17.9 Å². The maximum Gasteiger partial charge on any atom is 0.280 e. The van der Waals surface area contributed by atoms with E-state index in [0.29, 0.717) is 0 Å². The molecule has 130 valence electrons. The van der Waals surface area contributed by atoms with Crippen molar-refractivity contribution in [3.63, 3.8) is 0 Å². The van der Waals surface area contributed by atoms with E-state index in [1.54, 1.807) is 28.0 Å². The number of hydrogen-bond donors (Lipinski definition) is 0. The first-order valence-electron chi connectivity index (χ1n) is 8.32. The summed E-state index contributed by atoms with van der Waals surface area (Å²) < 4.78 is 9.05. The monoisotopic (exact) mass is 347 g/mol. The van der Waals surface area contributed by atoms with Crippen LogP contribution >= 0.6 is 0 Å². The van der Waals surface area contributed by atoms with Gasteiger partial charge in [0.2, 0.25) is 5.43 Å². The number of pyridine rings is 1. The highest BCUT2D eigenvalue weighted by atomic mass is 16.5. The largest absolute Gasteiger partial charge is 0.469 e. The van der Waals surface area contributed by atoms with Crippen molar-refractivity contribution in [3.05, 3.63) is 77.0 Å². The standard InChI is InChI=1S/C19H17N5O2/c1-2-23-12-16(11-21-23)24-9-7-18(25)19(22-24)26-13-14-5-6-17-15(10-14)4-3-8-20-17/h3-12H,2,13H2,1H3. The van der Waals surface area contributed by atoms with Crippen molar-refractivity contribution in [1.29, 1.82) is 0 Å². The first kappa shape index (κ1) is 16.0. The Bertz CT molecular complexity index is 1120. The van der Waals surface area contributed by atoms with E-state index in [9.17, 15) is 4.79 Å². The number of benzene rings is 1. The molecule has 1 aromatic carbocycles. The molecule has 0 saturated carbocycles. The lowest BCUT2D eigenvalue weighted by molar-refractivity contribution is 0.284. The van der Waals surface area contributed by atoms with Gasteiger partial charge in [-0.1, -0.05) is 12.1 Å². The van der Waals surface area contributed by atoms with Gasteiger partial charge in [-0.2, -0.15) is 5.10 Å². The number of aryl methyl sites for hydroxylation is 1. The van der Waals surface area contributed by atoms with Crippen LogP contribution in [0.4, 0.5) is 0 Å². The fourth-order valence-corrected chi connectivity index (χ4v) is 2.64. The van der Waals surface area contributed by atoms with Gasteiger partial charge in [-0.05, 0) is 30.7 Å². The molecule has 3 heterocycles. The number of nitrogens with zero attached hydrogens (tertiary/aromatic N) is 5. The Morgan fingerprint density at radius 1 is 1.19 bits per heavy atom. The zero-order valence-corrected chi connectivity index (χ0v) is 14.2. The Labute approximate surface area is 149 Å². The van der Waals surface area contributed by atoms with Gasteiger partial charge in [-0.25, -0.2) is 4.68 Å². The molecular formula is C19H17N5O2. The highest BCUT2D eigenvalue weighted by Gasteiger charge is 2.07. The molecule has 26 heavy (non-hydrogen) atoms. The van der Waals surface area contributed by atoms with Gasteiger partial charge in [0.15, 0.2) is 0 Å². The predicted molar refractivity (Wildman–Crippen MR) is 97.4 cm³/mol. The maximum absolute atomic E-state index is 12.1. The summed E-state index contributed by atoms with van der Waals surface area (Å²) in [5.74, 6) is 0.0584. The minimum Gasteiger partial charge on any atom is -0.469 e. The Kier molecular flexibility index (Phi) is 4.18. The number of aromatic nitrogens is 5. The zero-order valence-electron chi connectivity index (χ0n) is 14.2. The first-order chi connectivity index (χ1) is 12.7. The third-order valence-electron chi connectivity index (χ3n) is 4.03. The minimum absolute atomic E-state index is 0.0584. The Balaban J connectivity index is 1.57. The topological polar surface area (TPSA) is 74.8 Å². The average Bonchev–Trinajstić information content (AvgIpc) is 3.16. The van der Waals surface area contributed by atoms with Crippen LogP contribution in [0.2, 0.25) is 0 Å². The summed E-state index contributed by atoms with van der Waals surface area (Å²) in [6.45, 7) is 3.02. The van der Waals surface area contributed by atoms with Gasteiger partial charge >= 0.3 is 0 Å². The molecule has 0 aliphatic heterocycles. The Hall–Kier alpha value is -3.48. The van der Waals surface area contributed by atoms with Crippen LogP contribution in [0.5, 0.6) is 5.88 Å². The Morgan fingerprint density at radius 3 is 2.96 bits per heavy atom. The zero-order chi connectivity index (χ0) is 17.9. The van der Waals surface area contributed by atoms with Crippen LogP contribution in [0.25, 0.3) is 16.6 Å². The third kappa shape index (κ3) is 3.19. The molecule has 0 aliphatic rings. The molecule has 0 bridgehead atoms. The summed E-state index contributed by atoms with van der Waals surface area (Å²) in [7, 11) is 0. The maximum atomic E-state index is 12.1. The fourth-order valence-electron chi connectivity index (χ4n) is 2.64. The molecule has 0 unspecified atom stereocenters. The van der Waals surface area contributed by atoms with Crippen LogP contribution in [0.1, 0.15) is 12.5 Å². The van der Waals surface area contributed by atoms with Crippen molar-refractivity contribution in [2.24, 2.45) is 0 Å². The molecule has 4 rings (SSSR count). The van der Waals surface area contributed by atoms with Crippen molar-refractivity contribution < 1.29 is 4.74 Å². The number of hydrogen-bond acceptors (Lipinski definition) is 5. The van der Waals surface area contributed by atoms with Gasteiger partial charge in [0.25, 0.3) is 5.88 Å². The van der Waals surface area contributed by atoms with Crippen molar-refractivity contribution in [3.8, 4) is 11.6 Å². The van der Waals surface area contributed by atoms with Crippen LogP contribution in [0.15, 0.2) is 66.0 Å². The van der Waals surface area contributed by atoms with Crippen LogP contribution < -0.4 is 10.2 Å². The summed E-state index contributed by atoms with van der Waals surface area (Å²) in [4.78, 5) is 16.4. The second-order valence-corrected chi connectivity index (χ2v) is 5.80. The summed E-state index contributed by atoms with van der Waals surface area (Å²) in [5.41, 5.74) is 2.38. The number of ether oxygens (including phenoxy) is 1. The SMILES string of the molecule is CCn1cc(-n2ccc(=O)c(OCc3ccc4ncccc4c3)n2)cn1. The predicted octanol–water partition coefficient (Wildman–Crippen LogP) is 2.58. The smallest absolute Gasteiger partial charge is 0.280 e. The molecule has 7 heteroatoms. The molecule has 3 aromatic heterocycles. The van der Waals surface area contributed by atoms with Gasteiger partial charge in [0.1, 0.15) is 12.3 Å². The number of fused-ring (bicyclic) bond motifs is 1. The lowest BCUT2D eigenvalue weighted by Gasteiger charge is -2.08. The minimum atomic E-state index is -0.258. The quantitative estimate of drug-likeness (QED) is 0.555. The number of rotatable bonds is 5. The van der Waals surface area contributed by atoms with Crippen LogP contribution in [-0.4, -0.2) is 24.5 Å². The molecule has 0 spiro atoms. The third-order valence-corrected chi connectivity index (χ3v) is 4.03. The van der Waals surface area contributed by atoms with E-state index < -0.39 is 0 Å². The van der Waals surface area contributed by atoms with Gasteiger partial charge in [0, 0.05) is 30.4 Å². The van der Waals surface area contributed by atoms with Crippen LogP contribution in [-0.2, 0) is 13.2 Å². The molecule has 4 aromatic rings. The van der Waals surface area contributed by atoms with Gasteiger partial charge < -0.3 is 4.74 Å². The molecule has 0 radical (unpaired) electrons. The average molecular weight is 347 g/mol. The van der Waals surface area contributed by atoms with Crippen molar-refractivity contribution >= 4 is 10.9 Å². The first-order valence-corrected chi connectivity index (χ1v) is 8.32. The van der Waals surface area contributed by atoms with Gasteiger partial charge in [-0.15, -0.1) is 5.10 Å². The molecular weight excluding hydrogens is 330 g/mol. The van der Waals surface area contributed by atoms with E-state index in [2.05, 4.69) is 15.2 Å². The summed E-state index contributed by atoms with van der Waals surface area (Å²) in [6, 6.07) is 11.2. The van der Waals surface area contributed by atoms with Gasteiger partial charge in [-0.3, -0.25) is 14.5 Å². The van der Waals surface area contributed by atoms with E-state index >= 15 is 0 Å². The van der Waals surface area contributed by atoms with E-state index in [4.69, 9.17) is 4.74 Å². The van der Waals surface area contributed by atoms with Crippen molar-refractivity contribution in [2.45, 2.75) is 20.1 Å². The molecule has 0 N–H and O–H groups in total. The van der Waals surface area contributed by atoms with Crippen molar-refractivity contribution in [2.75, 3.05) is 0 Å². The summed E-state index contributed by atoms with van der Waals surface area (Å²) in [6.07, 6.45) is 6.92. The van der Waals surface area contributed by atoms with E-state index in [-0.39, 0.29) is 17.9 Å². The molecule has 0 amide bonds. The van der Waals surface area contributed by atoms with Crippen molar-refractivity contribution in [1.82, 2.24) is 24.5 Å². The second-order valence-electron chi connectivity index (χ2n) is 5.80. The lowest BCUT2D eigenvalue weighted by Crippen LogP contribution is -2.14. The normalized spacial score (nSPS) is 11.0. The summed E-state index contributed by atoms with van der Waals surface area (Å²) >= 11 is 0. The lowest BCUT2D eigenvalue weighted by atomic mass is 10.1. The van der Waals surface area contributed by atoms with E-state index in [0.717, 1.165) is 28.7 Å². The molecule has 0 saturated heterocycles. The summed E-state index contributed by atoms with van der Waals surface area (Å²) in [5, 5.41) is 9.53. The highest BCUT2D eigenvalue weighted by molar-refractivity contribution is 5.78. The highest BCUT2D eigenvalue weighted by Crippen LogP contribution is 2.14. The van der Waals surface area contributed by atoms with Crippen LogP contribution in [0, 0.1) is 0 Å². The molecule has 7 nitrogen and oxygen atoms in total. The molecule has 0 aliphatic carbocycles.